The van der Waals surface area contributed by atoms with E-state index in [1.807, 2.05) is 44.1 Å². The monoisotopic (exact) mass is 466 g/mol. The minimum Gasteiger partial charge on any atom is -0.378 e. The van der Waals surface area contributed by atoms with Gasteiger partial charge in [-0.15, -0.1) is 9.44 Å². The smallest absolute Gasteiger partial charge is 0.282 e. The lowest BCUT2D eigenvalue weighted by atomic mass is 10.0. The van der Waals surface area contributed by atoms with E-state index in [4.69, 9.17) is 5.26 Å². The molecule has 1 amide bonds. The molecule has 0 aliphatic carbocycles. The Bertz CT molecular complexity index is 1400. The number of aromatic amines is 1. The van der Waals surface area contributed by atoms with Gasteiger partial charge in [-0.25, -0.2) is 5.26 Å². The summed E-state index contributed by atoms with van der Waals surface area (Å²) in [6.45, 7) is 3.74. The second-order valence-electron chi connectivity index (χ2n) is 7.73. The van der Waals surface area contributed by atoms with Crippen LogP contribution >= 0.6 is 12.0 Å². The third-order valence-corrected chi connectivity index (χ3v) is 6.00. The van der Waals surface area contributed by atoms with Gasteiger partial charge in [0.05, 0.1) is 23.3 Å². The van der Waals surface area contributed by atoms with E-state index < -0.39 is 0 Å². The fourth-order valence-corrected chi connectivity index (χ4v) is 3.97. The van der Waals surface area contributed by atoms with Crippen molar-refractivity contribution < 1.29 is 19.4 Å². The van der Waals surface area contributed by atoms with Crippen molar-refractivity contribution in [1.82, 2.24) is 4.98 Å². The number of amides is 1. The number of aryl methyl sites for hydroxylation is 1. The van der Waals surface area contributed by atoms with Crippen LogP contribution in [0.5, 0.6) is 0 Å². The van der Waals surface area contributed by atoms with Crippen molar-refractivity contribution in [2.24, 2.45) is 5.10 Å². The van der Waals surface area contributed by atoms with Gasteiger partial charge in [-0.1, -0.05) is 11.1 Å². The van der Waals surface area contributed by atoms with E-state index in [9.17, 15) is 9.59 Å². The molecule has 0 atom stereocenters. The number of aromatic nitrogens is 1. The molecule has 0 radical (unpaired) electrons. The molecule has 0 spiro atoms. The maximum absolute atomic E-state index is 13.2. The van der Waals surface area contributed by atoms with Crippen molar-refractivity contribution in [3.8, 4) is 0 Å². The zero-order valence-corrected chi connectivity index (χ0v) is 19.3. The predicted octanol–water partition coefficient (Wildman–Crippen LogP) is 2.51. The summed E-state index contributed by atoms with van der Waals surface area (Å²) in [4.78, 5) is 31.4. The summed E-state index contributed by atoms with van der Waals surface area (Å²) in [5.74, 6) is -0.330. The summed E-state index contributed by atoms with van der Waals surface area (Å²) in [5, 5.41) is 17.8. The normalized spacial score (nSPS) is 13.3. The Morgan fingerprint density at radius 1 is 1.12 bits per heavy atom. The number of anilines is 2. The fourth-order valence-electron chi connectivity index (χ4n) is 3.61. The van der Waals surface area contributed by atoms with E-state index in [1.54, 1.807) is 37.3 Å². The van der Waals surface area contributed by atoms with Crippen LogP contribution in [-0.4, -0.2) is 30.2 Å². The zero-order valence-electron chi connectivity index (χ0n) is 18.4. The zero-order chi connectivity index (χ0) is 23.7. The molecule has 0 saturated carbocycles. The van der Waals surface area contributed by atoms with E-state index in [2.05, 4.69) is 19.5 Å². The van der Waals surface area contributed by atoms with Gasteiger partial charge in [0.1, 0.15) is 0 Å². The number of hydrogen-bond donors (Lipinski definition) is 2. The van der Waals surface area contributed by atoms with E-state index in [-0.39, 0.29) is 17.0 Å². The van der Waals surface area contributed by atoms with Crippen LogP contribution in [0.1, 0.15) is 27.0 Å². The fraction of sp³-hybridized carbons (Fsp3) is 0.174. The van der Waals surface area contributed by atoms with E-state index in [0.29, 0.717) is 26.9 Å². The van der Waals surface area contributed by atoms with Crippen LogP contribution in [0.25, 0.3) is 6.08 Å². The van der Waals surface area contributed by atoms with E-state index >= 15 is 0 Å². The topological polar surface area (TPSA) is 107 Å². The van der Waals surface area contributed by atoms with Gasteiger partial charge in [0, 0.05) is 29.9 Å². The summed E-state index contributed by atoms with van der Waals surface area (Å²) in [6.07, 6.45) is 1.80. The molecular formula is C23H22N4O5S. The van der Waals surface area contributed by atoms with Crippen LogP contribution in [0, 0.1) is 13.8 Å². The van der Waals surface area contributed by atoms with Crippen LogP contribution in [0.15, 0.2) is 57.3 Å². The number of nitrogens with one attached hydrogen (secondary N) is 1. The van der Waals surface area contributed by atoms with Gasteiger partial charge < -0.3 is 9.88 Å². The van der Waals surface area contributed by atoms with Crippen molar-refractivity contribution >= 4 is 35.4 Å². The third-order valence-electron chi connectivity index (χ3n) is 5.41. The second-order valence-corrected chi connectivity index (χ2v) is 8.51. The average Bonchev–Trinajstić information content (AvgIpc) is 3.12. The van der Waals surface area contributed by atoms with Gasteiger partial charge in [0.15, 0.2) is 5.49 Å². The molecule has 2 N–H and O–H groups in total. The minimum atomic E-state index is -0.330. The van der Waals surface area contributed by atoms with Crippen molar-refractivity contribution in [1.29, 1.82) is 0 Å². The lowest BCUT2D eigenvalue weighted by molar-refractivity contribution is -0.432. The minimum absolute atomic E-state index is 0.231. The summed E-state index contributed by atoms with van der Waals surface area (Å²) in [6, 6.07) is 12.7. The molecule has 1 aliphatic heterocycles. The van der Waals surface area contributed by atoms with Crippen molar-refractivity contribution in [2.75, 3.05) is 24.0 Å². The molecule has 0 bridgehead atoms. The molecule has 170 valence electrons. The molecule has 0 saturated heterocycles. The SMILES string of the molecule is Cc1cc(N(C)C)ccc1/C=c1\c(C)c2c([nH]c1=O)=NN(c1ccc(SOOO)cc1)C2=O. The number of pyridine rings is 1. The standard InChI is InChI=1S/C23H22N4O5S/c1-13-11-17(26(3)4)6-5-15(13)12-19-14(2)20-21(24-22(19)28)25-27(23(20)29)16-7-9-18(10-8-16)33-32-31-30/h5-12,30H,1-4H3,(H,24,25,28)/b19-12+. The van der Waals surface area contributed by atoms with Crippen LogP contribution in [0.4, 0.5) is 11.4 Å². The average molecular weight is 467 g/mol. The lowest BCUT2D eigenvalue weighted by Crippen LogP contribution is -2.38. The molecule has 1 aliphatic rings. The Labute approximate surface area is 193 Å². The molecule has 33 heavy (non-hydrogen) atoms. The maximum atomic E-state index is 13.2. The molecule has 0 unspecified atom stereocenters. The van der Waals surface area contributed by atoms with Crippen LogP contribution in [0.2, 0.25) is 0 Å². The number of benzene rings is 2. The molecule has 1 aromatic heterocycles. The van der Waals surface area contributed by atoms with Gasteiger partial charge in [-0.2, -0.15) is 5.01 Å². The van der Waals surface area contributed by atoms with Gasteiger partial charge in [-0.3, -0.25) is 9.59 Å². The number of hydrogen-bond acceptors (Lipinski definition) is 8. The van der Waals surface area contributed by atoms with Crippen molar-refractivity contribution in [3.05, 3.63) is 85.8 Å². The predicted molar refractivity (Wildman–Crippen MR) is 126 cm³/mol. The Morgan fingerprint density at radius 3 is 2.48 bits per heavy atom. The third kappa shape index (κ3) is 4.41. The summed E-state index contributed by atoms with van der Waals surface area (Å²) < 4.78 is 4.40. The first-order valence-electron chi connectivity index (χ1n) is 10.0. The Balaban J connectivity index is 1.72. The molecule has 2 heterocycles. The van der Waals surface area contributed by atoms with Gasteiger partial charge in [-0.05, 0) is 73.0 Å². The van der Waals surface area contributed by atoms with E-state index in [0.717, 1.165) is 28.9 Å². The number of carbonyl (C=O) groups is 1. The lowest BCUT2D eigenvalue weighted by Gasteiger charge is -2.14. The quantitative estimate of drug-likeness (QED) is 0.327. The number of nitrogens with zero attached hydrogens (tertiary/aromatic N) is 3. The molecular weight excluding hydrogens is 444 g/mol. The molecule has 10 heteroatoms. The van der Waals surface area contributed by atoms with Crippen LogP contribution < -0.4 is 26.2 Å². The molecule has 3 aromatic rings. The van der Waals surface area contributed by atoms with Gasteiger partial charge in [0.25, 0.3) is 11.5 Å². The summed E-state index contributed by atoms with van der Waals surface area (Å²) >= 11 is 0.810. The molecule has 2 aromatic carbocycles. The molecule has 4 rings (SSSR count). The summed E-state index contributed by atoms with van der Waals surface area (Å²) in [7, 11) is 3.94. The Kier molecular flexibility index (Phi) is 6.34. The van der Waals surface area contributed by atoms with Crippen LogP contribution in [-0.2, 0) is 9.37 Å². The first-order chi connectivity index (χ1) is 15.8. The second kappa shape index (κ2) is 9.20. The van der Waals surface area contributed by atoms with Crippen LogP contribution in [0.3, 0.4) is 0 Å². The van der Waals surface area contributed by atoms with Crippen molar-refractivity contribution in [3.63, 3.8) is 0 Å². The first-order valence-corrected chi connectivity index (χ1v) is 10.7. The number of fused-ring (bicyclic) bond motifs is 1. The molecule has 9 nitrogen and oxygen atoms in total. The highest BCUT2D eigenvalue weighted by atomic mass is 32.2. The number of rotatable bonds is 6. The van der Waals surface area contributed by atoms with Gasteiger partial charge in [0.2, 0.25) is 0 Å². The largest absolute Gasteiger partial charge is 0.378 e. The number of carbonyl (C=O) groups excluding carboxylic acids is 1. The van der Waals surface area contributed by atoms with E-state index in [1.165, 1.54) is 5.01 Å². The summed E-state index contributed by atoms with van der Waals surface area (Å²) in [5.41, 5.74) is 4.35. The Morgan fingerprint density at radius 2 is 1.85 bits per heavy atom. The highest BCUT2D eigenvalue weighted by molar-refractivity contribution is 7.94. The van der Waals surface area contributed by atoms with Gasteiger partial charge >= 0.3 is 0 Å². The maximum Gasteiger partial charge on any atom is 0.282 e. The number of H-pyrrole nitrogens is 1. The highest BCUT2D eigenvalue weighted by Crippen LogP contribution is 2.25. The Hall–Kier alpha value is -3.44. The highest BCUT2D eigenvalue weighted by Gasteiger charge is 2.28. The first kappa shape index (κ1) is 22.7. The molecule has 0 fully saturated rings. The van der Waals surface area contributed by atoms with Crippen molar-refractivity contribution in [2.45, 2.75) is 18.7 Å².